The van der Waals surface area contributed by atoms with E-state index < -0.39 is 12.2 Å². The average Bonchev–Trinajstić information content (AvgIpc) is 3.36. The molecule has 1 saturated heterocycles. The summed E-state index contributed by atoms with van der Waals surface area (Å²) in [4.78, 5) is 4.30. The van der Waals surface area contributed by atoms with Crippen LogP contribution in [0.5, 0.6) is 34.5 Å². The first-order chi connectivity index (χ1) is 31.6. The van der Waals surface area contributed by atoms with Gasteiger partial charge in [-0.2, -0.15) is 0 Å². The van der Waals surface area contributed by atoms with Gasteiger partial charge in [-0.1, -0.05) is 103 Å². The number of rotatable bonds is 3. The van der Waals surface area contributed by atoms with Crippen molar-refractivity contribution >= 4 is 34.1 Å². The lowest BCUT2D eigenvalue weighted by atomic mass is 9.99. The van der Waals surface area contributed by atoms with Crippen LogP contribution in [0.3, 0.4) is 0 Å². The van der Waals surface area contributed by atoms with Crippen molar-refractivity contribution in [2.75, 3.05) is 54.8 Å². The van der Waals surface area contributed by atoms with Crippen LogP contribution in [0.2, 0.25) is 0 Å². The van der Waals surface area contributed by atoms with Crippen LogP contribution >= 0.6 is 0 Å². The lowest BCUT2D eigenvalue weighted by Gasteiger charge is -2.43. The van der Waals surface area contributed by atoms with E-state index in [0.717, 1.165) is 81.8 Å². The second kappa shape index (κ2) is 20.1. The van der Waals surface area contributed by atoms with Gasteiger partial charge in [-0.05, 0) is 72.8 Å². The minimum Gasteiger partial charge on any atom is -0.453 e. The molecule has 6 aliphatic heterocycles. The molecule has 6 aliphatic rings. The Kier molecular flexibility index (Phi) is 13.3. The summed E-state index contributed by atoms with van der Waals surface area (Å²) in [5.41, 5.74) is 5.95. The molecule has 5 atom stereocenters. The topological polar surface area (TPSA) is 114 Å². The average molecular weight is 858 g/mol. The molecule has 3 N–H and O–H groups in total. The Morgan fingerprint density at radius 3 is 1.38 bits per heavy atom. The second-order valence-electron chi connectivity index (χ2n) is 15.6. The van der Waals surface area contributed by atoms with Gasteiger partial charge in [0.2, 0.25) is 0 Å². The number of hydrogen-bond acceptors (Lipinski definition) is 11. The van der Waals surface area contributed by atoms with Crippen LogP contribution in [0, 0.1) is 5.92 Å². The van der Waals surface area contributed by atoms with Crippen LogP contribution < -0.4 is 29.3 Å². The molecular formula is C53H51N3O8. The summed E-state index contributed by atoms with van der Waals surface area (Å²) in [5.74, 6) is 5.46. The van der Waals surface area contributed by atoms with E-state index in [-0.39, 0.29) is 18.7 Å². The van der Waals surface area contributed by atoms with Crippen molar-refractivity contribution in [3.8, 4) is 34.5 Å². The van der Waals surface area contributed by atoms with Gasteiger partial charge in [0.15, 0.2) is 34.5 Å². The Bertz CT molecular complexity index is 2420. The molecule has 64 heavy (non-hydrogen) atoms. The molecule has 0 spiro atoms. The first-order valence-electron chi connectivity index (χ1n) is 21.5. The number of anilines is 6. The Balaban J connectivity index is 0.000000114. The Hall–Kier alpha value is -6.86. The molecule has 6 aromatic rings. The molecule has 1 unspecified atom stereocenters. The van der Waals surface area contributed by atoms with E-state index in [4.69, 9.17) is 28.4 Å². The highest BCUT2D eigenvalue weighted by atomic mass is 16.5. The molecule has 0 radical (unpaired) electrons. The summed E-state index contributed by atoms with van der Waals surface area (Å²) < 4.78 is 33.8. The fourth-order valence-electron chi connectivity index (χ4n) is 8.14. The van der Waals surface area contributed by atoms with Gasteiger partial charge in [-0.25, -0.2) is 0 Å². The van der Waals surface area contributed by atoms with E-state index in [0.29, 0.717) is 25.7 Å². The van der Waals surface area contributed by atoms with Crippen molar-refractivity contribution in [1.82, 2.24) is 0 Å². The molecule has 6 aromatic carbocycles. The zero-order chi connectivity index (χ0) is 43.7. The van der Waals surface area contributed by atoms with Crippen molar-refractivity contribution < 1.29 is 38.6 Å². The Labute approximate surface area is 373 Å². The van der Waals surface area contributed by atoms with Crippen molar-refractivity contribution in [2.45, 2.75) is 24.3 Å². The van der Waals surface area contributed by atoms with Gasteiger partial charge in [0, 0.05) is 5.92 Å². The molecular weight excluding hydrogens is 807 g/mol. The fraction of sp³-hybridized carbons (Fsp3) is 0.208. The number of fused-ring (bicyclic) bond motifs is 6. The van der Waals surface area contributed by atoms with Crippen LogP contribution in [0.4, 0.5) is 34.1 Å². The van der Waals surface area contributed by atoms with Crippen LogP contribution in [0.1, 0.15) is 0 Å². The third-order valence-electron chi connectivity index (χ3n) is 11.3. The summed E-state index contributed by atoms with van der Waals surface area (Å²) in [6, 6.07) is 47.3. The Morgan fingerprint density at radius 2 is 0.922 bits per heavy atom. The quantitative estimate of drug-likeness (QED) is 0.148. The van der Waals surface area contributed by atoms with E-state index in [1.807, 2.05) is 151 Å². The lowest BCUT2D eigenvalue weighted by Crippen LogP contribution is -2.55. The maximum absolute atomic E-state index is 10.4. The maximum Gasteiger partial charge on any atom is 0.151 e. The molecule has 0 amide bonds. The summed E-state index contributed by atoms with van der Waals surface area (Å²) in [6.45, 7) is 7.13. The highest BCUT2D eigenvalue weighted by Gasteiger charge is 2.39. The fourth-order valence-corrected chi connectivity index (χ4v) is 8.14. The molecule has 0 aliphatic carbocycles. The van der Waals surface area contributed by atoms with Gasteiger partial charge in [-0.3, -0.25) is 0 Å². The van der Waals surface area contributed by atoms with Crippen LogP contribution in [-0.2, 0) is 14.2 Å². The minimum atomic E-state index is -0.888. The number of nitrogens with one attached hydrogen (secondary N) is 1. The van der Waals surface area contributed by atoms with Crippen molar-refractivity contribution in [1.29, 1.82) is 0 Å². The van der Waals surface area contributed by atoms with E-state index in [1.165, 1.54) is 0 Å². The molecule has 11 nitrogen and oxygen atoms in total. The Morgan fingerprint density at radius 1 is 0.484 bits per heavy atom. The smallest absolute Gasteiger partial charge is 0.151 e. The predicted octanol–water partition coefficient (Wildman–Crippen LogP) is 10.8. The number of aliphatic hydroxyl groups excluding tert-OH is 2. The molecule has 11 heteroatoms. The van der Waals surface area contributed by atoms with Gasteiger partial charge < -0.3 is 53.8 Å². The van der Waals surface area contributed by atoms with Crippen molar-refractivity contribution in [3.63, 3.8) is 0 Å². The van der Waals surface area contributed by atoms with E-state index >= 15 is 0 Å². The number of aliphatic hydroxyl groups is 2. The van der Waals surface area contributed by atoms with E-state index in [1.54, 1.807) is 0 Å². The SMILES string of the molecule is C1=C[C@H](N2c3ccccc3Oc3ccccc32)COC1.C=CC1C=CCOC1.O[C@@H]1[C@H](O)COC[C@H]1N1c2ccccc2Oc2ccccc21.c1ccc2c(c1)Nc1ccccc1O2. The number of nitrogens with zero attached hydrogens (tertiary/aromatic N) is 2. The molecule has 0 saturated carbocycles. The van der Waals surface area contributed by atoms with Crippen molar-refractivity contribution in [2.24, 2.45) is 5.92 Å². The standard InChI is InChI=1S/C17H17NO4.C17H15NO2.C12H9NO.C7H10O/c19-14-10-21-9-13(17(14)20)18-11-5-1-3-7-15(11)22-16-8-4-2-6-12(16)18;1-3-9-16-14(7-1)18(13-6-5-11-19-12-13)15-8-2-4-10-17(15)20-16;1-3-7-11-9(5-1)13-10-6-2-4-8-12(10)14-11;1-2-7-4-3-5-8-6-7/h1-8,13-14,17,19-20H,9-10H2;1-10,13H,11-12H2;1-8,13H;2-4,7H,1,5-6H2/t13-,14-,17+;13-;;/m10../s1. The summed E-state index contributed by atoms with van der Waals surface area (Å²) in [7, 11) is 0. The van der Waals surface area contributed by atoms with Gasteiger partial charge in [-0.15, -0.1) is 6.58 Å². The minimum absolute atomic E-state index is 0.158. The van der Waals surface area contributed by atoms with Gasteiger partial charge in [0.25, 0.3) is 0 Å². The van der Waals surface area contributed by atoms with E-state index in [9.17, 15) is 10.2 Å². The monoisotopic (exact) mass is 857 g/mol. The third-order valence-corrected chi connectivity index (χ3v) is 11.3. The molecule has 12 rings (SSSR count). The van der Waals surface area contributed by atoms with Crippen LogP contribution in [0.25, 0.3) is 0 Å². The zero-order valence-electron chi connectivity index (χ0n) is 35.3. The highest BCUT2D eigenvalue weighted by molar-refractivity contribution is 5.80. The third kappa shape index (κ3) is 9.40. The highest BCUT2D eigenvalue weighted by Crippen LogP contribution is 2.49. The predicted molar refractivity (Wildman–Crippen MR) is 250 cm³/mol. The number of hydrogen-bond donors (Lipinski definition) is 3. The zero-order valence-corrected chi connectivity index (χ0v) is 35.3. The van der Waals surface area contributed by atoms with Crippen LogP contribution in [-0.4, -0.2) is 74.1 Å². The largest absolute Gasteiger partial charge is 0.453 e. The molecule has 0 bridgehead atoms. The van der Waals surface area contributed by atoms with Crippen molar-refractivity contribution in [3.05, 3.63) is 183 Å². The van der Waals surface area contributed by atoms with Gasteiger partial charge >= 0.3 is 0 Å². The maximum atomic E-state index is 10.4. The summed E-state index contributed by atoms with van der Waals surface area (Å²) in [5, 5.41) is 23.7. The first-order valence-corrected chi connectivity index (χ1v) is 21.5. The lowest BCUT2D eigenvalue weighted by molar-refractivity contribution is -0.0964. The number of ether oxygens (including phenoxy) is 6. The summed E-state index contributed by atoms with van der Waals surface area (Å²) in [6.07, 6.45) is 8.56. The summed E-state index contributed by atoms with van der Waals surface area (Å²) >= 11 is 0. The number of para-hydroxylation sites is 12. The van der Waals surface area contributed by atoms with Crippen LogP contribution in [0.15, 0.2) is 183 Å². The first kappa shape index (κ1) is 42.4. The molecule has 0 aromatic heterocycles. The molecule has 6 heterocycles. The molecule has 326 valence electrons. The second-order valence-corrected chi connectivity index (χ2v) is 15.6. The van der Waals surface area contributed by atoms with E-state index in [2.05, 4.69) is 47.2 Å². The normalized spacial score (nSPS) is 21.6. The molecule has 1 fully saturated rings. The van der Waals surface area contributed by atoms with Gasteiger partial charge in [0.05, 0.1) is 85.8 Å². The number of benzene rings is 6. The van der Waals surface area contributed by atoms with Gasteiger partial charge in [0.1, 0.15) is 12.2 Å².